The van der Waals surface area contributed by atoms with Crippen molar-refractivity contribution in [2.24, 2.45) is 22.6 Å². The monoisotopic (exact) mass is 646 g/mol. The SMILES string of the molecule is CCOC(C)(C)C(=O)N/C(=N/C=N)C1=CCC([C@]2(C#N)O[C@H](COC(=O)CC3CCCCCC3)[C@@H](OC(=O)[C@@H](N)C(C)C)[C@H]2O)N1. The Morgan fingerprint density at radius 1 is 1.30 bits per heavy atom. The standard InChI is InChI=1S/C32H50N6O8/c1-6-44-31(4,5)30(42)38-28(36-18-34)21-13-14-23(37-21)32(17-33)27(40)26(45-29(41)25(35)19(2)3)22(46-32)16-43-24(39)15-20-11-9-7-8-10-12-20/h13,18-20,22-23,25-27,37,40H,6-12,14-16,35H2,1-5H3,(H2,34,36,38,42)/t22-,23?,25+,26-,27-,32+/m1/s1. The number of esters is 2. The number of nitrogens with one attached hydrogen (secondary N) is 3. The molecule has 2 heterocycles. The van der Waals surface area contributed by atoms with Gasteiger partial charge in [-0.1, -0.05) is 45.6 Å². The second kappa shape index (κ2) is 16.4. The number of carbonyl (C=O) groups is 3. The van der Waals surface area contributed by atoms with E-state index in [0.717, 1.165) is 44.9 Å². The van der Waals surface area contributed by atoms with Gasteiger partial charge in [-0.2, -0.15) is 5.26 Å². The van der Waals surface area contributed by atoms with Crippen molar-refractivity contribution in [3.8, 4) is 6.07 Å². The largest absolute Gasteiger partial charge is 0.463 e. The zero-order valence-electron chi connectivity index (χ0n) is 27.5. The second-order valence-corrected chi connectivity index (χ2v) is 13.0. The molecule has 1 saturated carbocycles. The summed E-state index contributed by atoms with van der Waals surface area (Å²) in [7, 11) is 0. The number of nitriles is 1. The Balaban J connectivity index is 1.80. The summed E-state index contributed by atoms with van der Waals surface area (Å²) in [5.74, 6) is -1.75. The van der Waals surface area contributed by atoms with Crippen LogP contribution in [-0.2, 0) is 33.3 Å². The fraction of sp³-hybridized carbons (Fsp3) is 0.750. The molecule has 6 N–H and O–H groups in total. The van der Waals surface area contributed by atoms with E-state index in [4.69, 9.17) is 30.1 Å². The number of amidine groups is 1. The number of aliphatic imine (C=N–C) groups is 1. The van der Waals surface area contributed by atoms with Crippen molar-refractivity contribution in [2.75, 3.05) is 13.2 Å². The van der Waals surface area contributed by atoms with Crippen molar-refractivity contribution in [2.45, 2.75) is 128 Å². The number of rotatable bonds is 13. The number of ether oxygens (including phenoxy) is 4. The third-order valence-corrected chi connectivity index (χ3v) is 8.86. The number of carbonyl (C=O) groups excluding carboxylic acids is 3. The van der Waals surface area contributed by atoms with Crippen LogP contribution in [0.15, 0.2) is 16.8 Å². The van der Waals surface area contributed by atoms with Crippen LogP contribution in [0.2, 0.25) is 0 Å². The van der Waals surface area contributed by atoms with Crippen molar-refractivity contribution < 1.29 is 38.4 Å². The van der Waals surface area contributed by atoms with Crippen LogP contribution in [0, 0.1) is 28.6 Å². The highest BCUT2D eigenvalue weighted by Crippen LogP contribution is 2.39. The van der Waals surface area contributed by atoms with Crippen molar-refractivity contribution in [3.63, 3.8) is 0 Å². The molecule has 0 bridgehead atoms. The quantitative estimate of drug-likeness (QED) is 0.0843. The molecule has 1 unspecified atom stereocenters. The molecular formula is C32H50N6O8. The number of hydrogen-bond acceptors (Lipinski definition) is 12. The Morgan fingerprint density at radius 2 is 1.98 bits per heavy atom. The van der Waals surface area contributed by atoms with Crippen molar-refractivity contribution >= 4 is 30.0 Å². The molecule has 256 valence electrons. The molecule has 0 aromatic carbocycles. The molecule has 0 radical (unpaired) electrons. The maximum atomic E-state index is 12.9. The van der Waals surface area contributed by atoms with Crippen LogP contribution in [0.5, 0.6) is 0 Å². The molecule has 3 aliphatic rings. The number of amides is 1. The summed E-state index contributed by atoms with van der Waals surface area (Å²) < 4.78 is 22.9. The molecular weight excluding hydrogens is 596 g/mol. The van der Waals surface area contributed by atoms with Crippen LogP contribution in [0.25, 0.3) is 0 Å². The molecule has 0 aromatic rings. The van der Waals surface area contributed by atoms with Crippen LogP contribution in [0.3, 0.4) is 0 Å². The zero-order chi connectivity index (χ0) is 34.1. The van der Waals surface area contributed by atoms with Gasteiger partial charge in [0.05, 0.1) is 11.7 Å². The van der Waals surface area contributed by atoms with Gasteiger partial charge >= 0.3 is 11.9 Å². The highest BCUT2D eigenvalue weighted by atomic mass is 16.6. The fourth-order valence-electron chi connectivity index (χ4n) is 5.99. The summed E-state index contributed by atoms with van der Waals surface area (Å²) in [6, 6.07) is 0.168. The minimum atomic E-state index is -1.96. The van der Waals surface area contributed by atoms with Crippen molar-refractivity contribution in [1.29, 1.82) is 10.7 Å². The molecule has 6 atom stereocenters. The number of nitrogens with two attached hydrogens (primary N) is 1. The molecule has 1 amide bonds. The molecule has 1 saturated heterocycles. The van der Waals surface area contributed by atoms with Gasteiger partial charge in [0.15, 0.2) is 11.9 Å². The van der Waals surface area contributed by atoms with E-state index in [1.165, 1.54) is 0 Å². The smallest absolute Gasteiger partial charge is 0.323 e. The Morgan fingerprint density at radius 3 is 2.57 bits per heavy atom. The third-order valence-electron chi connectivity index (χ3n) is 8.86. The van der Waals surface area contributed by atoms with Gasteiger partial charge in [0, 0.05) is 13.0 Å². The second-order valence-electron chi connectivity index (χ2n) is 13.0. The first-order valence-corrected chi connectivity index (χ1v) is 16.2. The Labute approximate surface area is 270 Å². The van der Waals surface area contributed by atoms with Gasteiger partial charge in [-0.05, 0) is 51.9 Å². The van der Waals surface area contributed by atoms with E-state index < -0.39 is 59.4 Å². The first-order chi connectivity index (χ1) is 21.8. The van der Waals surface area contributed by atoms with Crippen molar-refractivity contribution in [1.82, 2.24) is 10.6 Å². The van der Waals surface area contributed by atoms with Crippen molar-refractivity contribution in [3.05, 3.63) is 11.8 Å². The highest BCUT2D eigenvalue weighted by molar-refractivity contribution is 6.11. The van der Waals surface area contributed by atoms with Gasteiger partial charge in [0.2, 0.25) is 5.60 Å². The molecule has 14 nitrogen and oxygen atoms in total. The minimum Gasteiger partial charge on any atom is -0.463 e. The molecule has 0 spiro atoms. The topological polar surface area (TPSA) is 218 Å². The lowest BCUT2D eigenvalue weighted by atomic mass is 9.87. The van der Waals surface area contributed by atoms with Crippen LogP contribution < -0.4 is 16.4 Å². The van der Waals surface area contributed by atoms with E-state index in [9.17, 15) is 24.8 Å². The summed E-state index contributed by atoms with van der Waals surface area (Å²) in [5.41, 5.74) is 3.15. The Hall–Kier alpha value is -3.38. The number of nitrogens with zero attached hydrogens (tertiary/aromatic N) is 2. The number of aliphatic hydroxyl groups is 1. The molecule has 46 heavy (non-hydrogen) atoms. The predicted octanol–water partition coefficient (Wildman–Crippen LogP) is 1.99. The third kappa shape index (κ3) is 8.90. The van der Waals surface area contributed by atoms with Gasteiger partial charge in [-0.15, -0.1) is 0 Å². The van der Waals surface area contributed by atoms with Crippen LogP contribution >= 0.6 is 0 Å². The molecule has 14 heteroatoms. The average Bonchev–Trinajstić information content (AvgIpc) is 3.50. The Kier molecular flexibility index (Phi) is 13.3. The zero-order valence-corrected chi connectivity index (χ0v) is 27.5. The van der Waals surface area contributed by atoms with E-state index in [2.05, 4.69) is 21.7 Å². The van der Waals surface area contributed by atoms with Gasteiger partial charge in [-0.3, -0.25) is 19.8 Å². The van der Waals surface area contributed by atoms with Gasteiger partial charge in [-0.25, -0.2) is 4.99 Å². The lowest BCUT2D eigenvalue weighted by Crippen LogP contribution is -2.57. The highest BCUT2D eigenvalue weighted by Gasteiger charge is 2.62. The molecule has 2 aliphatic heterocycles. The lowest BCUT2D eigenvalue weighted by Gasteiger charge is -2.32. The maximum Gasteiger partial charge on any atom is 0.323 e. The van der Waals surface area contributed by atoms with Crippen LogP contribution in [0.4, 0.5) is 0 Å². The lowest BCUT2D eigenvalue weighted by molar-refractivity contribution is -0.162. The van der Waals surface area contributed by atoms with E-state index in [-0.39, 0.29) is 42.8 Å². The maximum absolute atomic E-state index is 12.9. The van der Waals surface area contributed by atoms with Crippen LogP contribution in [0.1, 0.15) is 86.0 Å². The molecule has 1 aliphatic carbocycles. The molecule has 2 fully saturated rings. The summed E-state index contributed by atoms with van der Waals surface area (Å²) >= 11 is 0. The first kappa shape index (κ1) is 37.1. The summed E-state index contributed by atoms with van der Waals surface area (Å²) in [4.78, 5) is 42.6. The minimum absolute atomic E-state index is 0.00531. The normalized spacial score (nSPS) is 28.0. The molecule has 3 rings (SSSR count). The van der Waals surface area contributed by atoms with E-state index >= 15 is 0 Å². The van der Waals surface area contributed by atoms with Crippen LogP contribution in [-0.4, -0.2) is 89.9 Å². The Bertz CT molecular complexity index is 1210. The first-order valence-electron chi connectivity index (χ1n) is 16.2. The fourth-order valence-corrected chi connectivity index (χ4v) is 5.99. The molecule has 0 aromatic heterocycles. The van der Waals surface area contributed by atoms with E-state index in [1.807, 2.05) is 0 Å². The van der Waals surface area contributed by atoms with Gasteiger partial charge in [0.25, 0.3) is 5.91 Å². The summed E-state index contributed by atoms with van der Waals surface area (Å²) in [5, 5.41) is 35.2. The summed E-state index contributed by atoms with van der Waals surface area (Å²) in [6.07, 6.45) is 4.95. The van der Waals surface area contributed by atoms with E-state index in [1.54, 1.807) is 40.7 Å². The summed E-state index contributed by atoms with van der Waals surface area (Å²) in [6.45, 7) is 8.39. The van der Waals surface area contributed by atoms with E-state index in [0.29, 0.717) is 6.61 Å². The van der Waals surface area contributed by atoms with Gasteiger partial charge < -0.3 is 40.4 Å². The predicted molar refractivity (Wildman–Crippen MR) is 168 cm³/mol. The average molecular weight is 647 g/mol. The van der Waals surface area contributed by atoms with Gasteiger partial charge in [0.1, 0.15) is 42.9 Å². The number of aliphatic hydroxyl groups excluding tert-OH is 1. The number of hydrogen-bond donors (Lipinski definition) is 5.